The predicted molar refractivity (Wildman–Crippen MR) is 131 cm³/mol. The number of unbranched alkanes of at least 4 members (excludes halogenated alkanes) is 1. The van der Waals surface area contributed by atoms with Gasteiger partial charge in [0.2, 0.25) is 11.8 Å². The van der Waals surface area contributed by atoms with Crippen LogP contribution in [0, 0.1) is 0 Å². The van der Waals surface area contributed by atoms with E-state index in [1.54, 1.807) is 37.3 Å². The van der Waals surface area contributed by atoms with Gasteiger partial charge >= 0.3 is 10.2 Å². The van der Waals surface area contributed by atoms with Gasteiger partial charge in [0.25, 0.3) is 0 Å². The Labute approximate surface area is 197 Å². The van der Waals surface area contributed by atoms with Gasteiger partial charge in [-0.25, -0.2) is 4.31 Å². The van der Waals surface area contributed by atoms with Crippen LogP contribution >= 0.6 is 0 Å². The first kappa shape index (κ1) is 26.3. The molecule has 0 unspecified atom stereocenters. The van der Waals surface area contributed by atoms with Crippen LogP contribution in [-0.4, -0.2) is 62.7 Å². The van der Waals surface area contributed by atoms with Gasteiger partial charge in [0.15, 0.2) is 0 Å². The highest BCUT2D eigenvalue weighted by atomic mass is 32.2. The minimum atomic E-state index is -3.94. The van der Waals surface area contributed by atoms with Crippen LogP contribution in [0.15, 0.2) is 60.7 Å². The van der Waals surface area contributed by atoms with Crippen LogP contribution in [0.1, 0.15) is 32.3 Å². The van der Waals surface area contributed by atoms with E-state index in [-0.39, 0.29) is 12.5 Å². The molecule has 2 rings (SSSR count). The van der Waals surface area contributed by atoms with Gasteiger partial charge in [0, 0.05) is 27.2 Å². The fourth-order valence-electron chi connectivity index (χ4n) is 3.21. The highest BCUT2D eigenvalue weighted by molar-refractivity contribution is 7.90. The summed E-state index contributed by atoms with van der Waals surface area (Å²) < 4.78 is 28.2. The van der Waals surface area contributed by atoms with Crippen molar-refractivity contribution < 1.29 is 18.0 Å². The lowest BCUT2D eigenvalue weighted by Crippen LogP contribution is -2.52. The maximum atomic E-state index is 13.5. The average Bonchev–Trinajstić information content (AvgIpc) is 2.81. The monoisotopic (exact) mass is 474 g/mol. The van der Waals surface area contributed by atoms with Crippen molar-refractivity contribution in [2.75, 3.05) is 31.5 Å². The summed E-state index contributed by atoms with van der Waals surface area (Å²) in [5.41, 5.74) is 1.22. The first-order valence-corrected chi connectivity index (χ1v) is 12.4. The van der Waals surface area contributed by atoms with Crippen molar-refractivity contribution in [3.8, 4) is 0 Å². The van der Waals surface area contributed by atoms with Gasteiger partial charge in [0.1, 0.15) is 12.6 Å². The normalized spacial score (nSPS) is 12.3. The molecule has 0 aliphatic rings. The van der Waals surface area contributed by atoms with Gasteiger partial charge in [-0.05, 0) is 31.0 Å². The number of rotatable bonds is 12. The Kier molecular flexibility index (Phi) is 9.87. The predicted octanol–water partition coefficient (Wildman–Crippen LogP) is 2.63. The van der Waals surface area contributed by atoms with Crippen molar-refractivity contribution in [2.24, 2.45) is 0 Å². The molecule has 33 heavy (non-hydrogen) atoms. The van der Waals surface area contributed by atoms with Crippen LogP contribution in [0.3, 0.4) is 0 Å². The fraction of sp³-hybridized carbons (Fsp3) is 0.417. The molecule has 0 saturated heterocycles. The summed E-state index contributed by atoms with van der Waals surface area (Å²) in [5.74, 6) is -0.735. The zero-order valence-corrected chi connectivity index (χ0v) is 20.6. The molecule has 0 spiro atoms. The van der Waals surface area contributed by atoms with E-state index >= 15 is 0 Å². The number of amides is 2. The summed E-state index contributed by atoms with van der Waals surface area (Å²) in [4.78, 5) is 27.7. The van der Waals surface area contributed by atoms with Gasteiger partial charge in [-0.2, -0.15) is 12.7 Å². The zero-order chi connectivity index (χ0) is 24.4. The topological polar surface area (TPSA) is 90.0 Å². The second kappa shape index (κ2) is 12.4. The maximum absolute atomic E-state index is 13.5. The molecule has 0 saturated carbocycles. The van der Waals surface area contributed by atoms with Crippen LogP contribution in [0.4, 0.5) is 5.69 Å². The van der Waals surface area contributed by atoms with Crippen LogP contribution in [-0.2, 0) is 26.3 Å². The number of hydrogen-bond acceptors (Lipinski definition) is 4. The van der Waals surface area contributed by atoms with Crippen molar-refractivity contribution in [1.29, 1.82) is 0 Å². The molecule has 0 aliphatic carbocycles. The Morgan fingerprint density at radius 3 is 2.09 bits per heavy atom. The Morgan fingerprint density at radius 1 is 0.970 bits per heavy atom. The third kappa shape index (κ3) is 7.30. The zero-order valence-electron chi connectivity index (χ0n) is 19.8. The second-order valence-electron chi connectivity index (χ2n) is 7.96. The lowest BCUT2D eigenvalue weighted by molar-refractivity contribution is -0.139. The van der Waals surface area contributed by atoms with Crippen LogP contribution in [0.5, 0.6) is 0 Å². The van der Waals surface area contributed by atoms with E-state index in [4.69, 9.17) is 0 Å². The molecule has 180 valence electrons. The van der Waals surface area contributed by atoms with Gasteiger partial charge in [-0.15, -0.1) is 0 Å². The maximum Gasteiger partial charge on any atom is 0.304 e. The molecule has 0 heterocycles. The molecule has 2 aromatic carbocycles. The van der Waals surface area contributed by atoms with Gasteiger partial charge in [-0.1, -0.05) is 61.9 Å². The number of carbonyl (C=O) groups excluding carboxylic acids is 2. The van der Waals surface area contributed by atoms with Crippen molar-refractivity contribution in [3.05, 3.63) is 66.2 Å². The first-order valence-electron chi connectivity index (χ1n) is 11.0. The van der Waals surface area contributed by atoms with Crippen LogP contribution < -0.4 is 9.62 Å². The molecule has 8 nitrogen and oxygen atoms in total. The van der Waals surface area contributed by atoms with E-state index in [2.05, 4.69) is 5.32 Å². The molecular formula is C24H34N4O4S. The molecule has 0 bridgehead atoms. The van der Waals surface area contributed by atoms with Crippen LogP contribution in [0.25, 0.3) is 0 Å². The summed E-state index contributed by atoms with van der Waals surface area (Å²) in [6.45, 7) is 3.98. The van der Waals surface area contributed by atoms with Crippen molar-refractivity contribution in [1.82, 2.24) is 14.5 Å². The van der Waals surface area contributed by atoms with Crippen molar-refractivity contribution in [3.63, 3.8) is 0 Å². The highest BCUT2D eigenvalue weighted by Gasteiger charge is 2.32. The van der Waals surface area contributed by atoms with E-state index in [0.29, 0.717) is 12.2 Å². The van der Waals surface area contributed by atoms with E-state index < -0.39 is 28.7 Å². The van der Waals surface area contributed by atoms with E-state index in [9.17, 15) is 18.0 Å². The minimum Gasteiger partial charge on any atom is -0.354 e. The summed E-state index contributed by atoms with van der Waals surface area (Å²) in [6, 6.07) is 17.0. The smallest absolute Gasteiger partial charge is 0.304 e. The molecule has 0 fully saturated rings. The van der Waals surface area contributed by atoms with E-state index in [1.165, 1.54) is 19.0 Å². The lowest BCUT2D eigenvalue weighted by Gasteiger charge is -2.32. The van der Waals surface area contributed by atoms with E-state index in [1.807, 2.05) is 37.3 Å². The molecule has 2 aromatic rings. The summed E-state index contributed by atoms with van der Waals surface area (Å²) in [5, 5.41) is 2.87. The number of nitrogens with one attached hydrogen (secondary N) is 1. The number of nitrogens with zero attached hydrogens (tertiary/aromatic N) is 3. The first-order chi connectivity index (χ1) is 15.7. The Morgan fingerprint density at radius 2 is 1.55 bits per heavy atom. The Hall–Kier alpha value is -2.91. The SMILES string of the molecule is CCCCNC(=O)[C@@H](C)N(Cc1ccccc1)C(=O)CN(c1ccccc1)S(=O)(=O)N(C)C. The fourth-order valence-corrected chi connectivity index (χ4v) is 4.27. The number of para-hydroxylation sites is 1. The van der Waals surface area contributed by atoms with Gasteiger partial charge in [-0.3, -0.25) is 9.59 Å². The molecule has 0 radical (unpaired) electrons. The van der Waals surface area contributed by atoms with Crippen molar-refractivity contribution >= 4 is 27.7 Å². The largest absolute Gasteiger partial charge is 0.354 e. The second-order valence-corrected chi connectivity index (χ2v) is 10.0. The third-order valence-corrected chi connectivity index (χ3v) is 7.08. The Balaban J connectivity index is 2.35. The molecule has 1 N–H and O–H groups in total. The summed E-state index contributed by atoms with van der Waals surface area (Å²) in [7, 11) is -1.10. The molecular weight excluding hydrogens is 440 g/mol. The molecule has 2 amide bonds. The third-order valence-electron chi connectivity index (χ3n) is 5.26. The summed E-state index contributed by atoms with van der Waals surface area (Å²) >= 11 is 0. The number of benzene rings is 2. The minimum absolute atomic E-state index is 0.187. The number of anilines is 1. The van der Waals surface area contributed by atoms with Crippen molar-refractivity contribution in [2.45, 2.75) is 39.3 Å². The Bertz CT molecular complexity index is 998. The quantitative estimate of drug-likeness (QED) is 0.479. The van der Waals surface area contributed by atoms with Gasteiger partial charge in [0.05, 0.1) is 5.69 Å². The molecule has 1 atom stereocenters. The molecule has 0 aromatic heterocycles. The summed E-state index contributed by atoms with van der Waals surface area (Å²) in [6.07, 6.45) is 1.78. The molecule has 9 heteroatoms. The standard InChI is InChI=1S/C24H34N4O4S/c1-5-6-17-25-24(30)20(2)27(18-21-13-9-7-10-14-21)23(29)19-28(33(31,32)26(3)4)22-15-11-8-12-16-22/h7-16,20H,5-6,17-19H2,1-4H3,(H,25,30)/t20-/m1/s1. The van der Waals surface area contributed by atoms with Crippen LogP contribution in [0.2, 0.25) is 0 Å². The lowest BCUT2D eigenvalue weighted by atomic mass is 10.1. The van der Waals surface area contributed by atoms with Gasteiger partial charge < -0.3 is 10.2 Å². The number of carbonyl (C=O) groups is 2. The van der Waals surface area contributed by atoms with E-state index in [0.717, 1.165) is 27.0 Å². The number of hydrogen-bond donors (Lipinski definition) is 1. The average molecular weight is 475 g/mol. The molecule has 0 aliphatic heterocycles. The highest BCUT2D eigenvalue weighted by Crippen LogP contribution is 2.20.